The van der Waals surface area contributed by atoms with Crippen molar-refractivity contribution in [2.75, 3.05) is 7.05 Å². The summed E-state index contributed by atoms with van der Waals surface area (Å²) in [4.78, 5) is 20.1. The summed E-state index contributed by atoms with van der Waals surface area (Å²) >= 11 is 1.43. The number of likely N-dealkylation sites (N-methyl/N-ethyl adjacent to an activating group) is 1. The van der Waals surface area contributed by atoms with Gasteiger partial charge in [0.05, 0.1) is 10.6 Å². The van der Waals surface area contributed by atoms with Gasteiger partial charge in [0.25, 0.3) is 5.91 Å². The molecule has 2 heterocycles. The molecule has 4 nitrogen and oxygen atoms in total. The molecule has 4 rings (SSSR count). The fourth-order valence-electron chi connectivity index (χ4n) is 4.36. The maximum atomic E-state index is 13.0. The average molecular weight is 472 g/mol. The molecule has 0 unspecified atom stereocenters. The van der Waals surface area contributed by atoms with Crippen molar-refractivity contribution in [1.29, 1.82) is 0 Å². The number of carbonyl (C=O) groups excluding carboxylic acids is 1. The molecule has 1 aliphatic heterocycles. The quantitative estimate of drug-likeness (QED) is 0.378. The van der Waals surface area contributed by atoms with Crippen LogP contribution in [0.1, 0.15) is 54.4 Å². The zero-order valence-corrected chi connectivity index (χ0v) is 22.2. The zero-order valence-electron chi connectivity index (χ0n) is 21.4. The molecule has 2 aromatic carbocycles. The van der Waals surface area contributed by atoms with Gasteiger partial charge in [0, 0.05) is 24.1 Å². The molecular weight excluding hydrogens is 438 g/mol. The summed E-state index contributed by atoms with van der Waals surface area (Å²) in [6.07, 6.45) is 2.00. The number of amidine groups is 1. The number of nitrogens with zero attached hydrogens (tertiary/aromatic N) is 3. The number of thioether (sulfide) groups is 1. The van der Waals surface area contributed by atoms with E-state index in [1.165, 1.54) is 17.3 Å². The Balaban J connectivity index is 1.66. The first-order chi connectivity index (χ1) is 15.9. The second-order valence-corrected chi connectivity index (χ2v) is 11.2. The van der Waals surface area contributed by atoms with Crippen molar-refractivity contribution in [2.24, 2.45) is 4.99 Å². The molecule has 0 bridgehead atoms. The van der Waals surface area contributed by atoms with Crippen LogP contribution in [0.25, 0.3) is 11.8 Å². The van der Waals surface area contributed by atoms with E-state index in [1.54, 1.807) is 11.9 Å². The minimum absolute atomic E-state index is 0.0209. The Morgan fingerprint density at radius 2 is 1.53 bits per heavy atom. The SMILES string of the molecule is Cc1cc(C)cc(N=C2S/C(=C\c3cc(C)n(-c4ccc(C(C)(C)C)cc4)c3C)C(=O)N2C)c1. The highest BCUT2D eigenvalue weighted by molar-refractivity contribution is 8.18. The molecule has 0 saturated carbocycles. The van der Waals surface area contributed by atoms with Crippen molar-refractivity contribution in [3.8, 4) is 5.69 Å². The predicted molar refractivity (Wildman–Crippen MR) is 145 cm³/mol. The van der Waals surface area contributed by atoms with Crippen molar-refractivity contribution in [2.45, 2.75) is 53.9 Å². The first-order valence-electron chi connectivity index (χ1n) is 11.6. The van der Waals surface area contributed by atoms with Gasteiger partial charge in [0.2, 0.25) is 0 Å². The van der Waals surface area contributed by atoms with Crippen LogP contribution in [0.4, 0.5) is 5.69 Å². The van der Waals surface area contributed by atoms with Crippen LogP contribution in [-0.4, -0.2) is 27.6 Å². The zero-order chi connectivity index (χ0) is 24.8. The fraction of sp³-hybridized carbons (Fsp3) is 0.310. The van der Waals surface area contributed by atoms with E-state index in [0.29, 0.717) is 10.1 Å². The van der Waals surface area contributed by atoms with E-state index in [1.807, 2.05) is 18.2 Å². The number of hydrogen-bond acceptors (Lipinski definition) is 3. The Bertz CT molecular complexity index is 1300. The minimum Gasteiger partial charge on any atom is -0.318 e. The first kappa shape index (κ1) is 24.1. The highest BCUT2D eigenvalue weighted by Crippen LogP contribution is 2.35. The molecule has 0 atom stereocenters. The first-order valence-corrected chi connectivity index (χ1v) is 12.4. The highest BCUT2D eigenvalue weighted by Gasteiger charge is 2.30. The van der Waals surface area contributed by atoms with Crippen LogP contribution in [0.15, 0.2) is 58.4 Å². The Labute approximate surface area is 207 Å². The molecule has 1 aliphatic rings. The Morgan fingerprint density at radius 1 is 0.912 bits per heavy atom. The number of aliphatic imine (C=N–C) groups is 1. The van der Waals surface area contributed by atoms with E-state index in [9.17, 15) is 4.79 Å². The van der Waals surface area contributed by atoms with Crippen LogP contribution in [0.3, 0.4) is 0 Å². The fourth-order valence-corrected chi connectivity index (χ4v) is 5.34. The van der Waals surface area contributed by atoms with Crippen LogP contribution in [0.5, 0.6) is 0 Å². The van der Waals surface area contributed by atoms with Gasteiger partial charge >= 0.3 is 0 Å². The normalized spacial score (nSPS) is 16.8. The smallest absolute Gasteiger partial charge is 0.266 e. The molecule has 34 heavy (non-hydrogen) atoms. The lowest BCUT2D eigenvalue weighted by molar-refractivity contribution is -0.121. The van der Waals surface area contributed by atoms with Crippen molar-refractivity contribution in [1.82, 2.24) is 9.47 Å². The number of amides is 1. The summed E-state index contributed by atoms with van der Waals surface area (Å²) in [7, 11) is 1.79. The summed E-state index contributed by atoms with van der Waals surface area (Å²) in [5, 5.41) is 0.702. The summed E-state index contributed by atoms with van der Waals surface area (Å²) in [6, 6.07) is 17.1. The van der Waals surface area contributed by atoms with E-state index in [2.05, 4.69) is 89.4 Å². The second-order valence-electron chi connectivity index (χ2n) is 10.2. The van der Waals surface area contributed by atoms with Crippen molar-refractivity contribution < 1.29 is 4.79 Å². The van der Waals surface area contributed by atoms with E-state index < -0.39 is 0 Å². The van der Waals surface area contributed by atoms with E-state index in [-0.39, 0.29) is 11.3 Å². The minimum atomic E-state index is -0.0209. The predicted octanol–water partition coefficient (Wildman–Crippen LogP) is 7.24. The van der Waals surface area contributed by atoms with E-state index >= 15 is 0 Å². The lowest BCUT2D eigenvalue weighted by Gasteiger charge is -2.20. The molecule has 1 aromatic heterocycles. The molecule has 1 amide bonds. The summed E-state index contributed by atoms with van der Waals surface area (Å²) in [5.41, 5.74) is 9.07. The Kier molecular flexibility index (Phi) is 6.34. The molecule has 1 fully saturated rings. The van der Waals surface area contributed by atoms with Crippen molar-refractivity contribution >= 4 is 34.6 Å². The van der Waals surface area contributed by atoms with Gasteiger partial charge in [-0.15, -0.1) is 0 Å². The molecule has 0 aliphatic carbocycles. The number of rotatable bonds is 3. The largest absolute Gasteiger partial charge is 0.318 e. The van der Waals surface area contributed by atoms with Gasteiger partial charge in [-0.05, 0) is 104 Å². The maximum absolute atomic E-state index is 13.0. The highest BCUT2D eigenvalue weighted by atomic mass is 32.2. The van der Waals surface area contributed by atoms with Crippen LogP contribution >= 0.6 is 11.8 Å². The molecule has 5 heteroatoms. The molecule has 1 saturated heterocycles. The summed E-state index contributed by atoms with van der Waals surface area (Å²) < 4.78 is 2.25. The number of aromatic nitrogens is 1. The molecule has 176 valence electrons. The molecular formula is C29H33N3OS. The third kappa shape index (κ3) is 4.76. The van der Waals surface area contributed by atoms with Crippen LogP contribution in [0, 0.1) is 27.7 Å². The van der Waals surface area contributed by atoms with Gasteiger partial charge in [0.15, 0.2) is 5.17 Å². The molecule has 0 N–H and O–H groups in total. The summed E-state index contributed by atoms with van der Waals surface area (Å²) in [6.45, 7) is 15.0. The van der Waals surface area contributed by atoms with E-state index in [0.717, 1.165) is 39.5 Å². The lowest BCUT2D eigenvalue weighted by atomic mass is 9.87. The van der Waals surface area contributed by atoms with E-state index in [4.69, 9.17) is 4.99 Å². The summed E-state index contributed by atoms with van der Waals surface area (Å²) in [5.74, 6) is -0.0209. The lowest BCUT2D eigenvalue weighted by Crippen LogP contribution is -2.23. The average Bonchev–Trinajstić information content (AvgIpc) is 3.16. The standard InChI is InChI=1S/C29H33N3OS/c1-18-13-19(2)15-24(14-18)30-28-31(8)27(33)26(34-28)17-22-16-20(3)32(21(22)4)25-11-9-23(10-12-25)29(5,6)7/h9-17H,1-8H3/b26-17-,30-28?. The second kappa shape index (κ2) is 8.95. The number of carbonyl (C=O) groups is 1. The van der Waals surface area contributed by atoms with Crippen molar-refractivity contribution in [3.05, 3.63) is 87.1 Å². The third-order valence-electron chi connectivity index (χ3n) is 6.18. The maximum Gasteiger partial charge on any atom is 0.266 e. The Hall–Kier alpha value is -3.05. The number of benzene rings is 2. The molecule has 0 radical (unpaired) electrons. The van der Waals surface area contributed by atoms with Gasteiger partial charge in [-0.1, -0.05) is 39.0 Å². The van der Waals surface area contributed by atoms with Crippen molar-refractivity contribution in [3.63, 3.8) is 0 Å². The Morgan fingerprint density at radius 3 is 2.12 bits per heavy atom. The van der Waals surface area contributed by atoms with Gasteiger partial charge in [-0.2, -0.15) is 0 Å². The van der Waals surface area contributed by atoms with Crippen LogP contribution in [-0.2, 0) is 10.2 Å². The van der Waals surface area contributed by atoms with Crippen LogP contribution in [0.2, 0.25) is 0 Å². The third-order valence-corrected chi connectivity index (χ3v) is 7.24. The van der Waals surface area contributed by atoms with Gasteiger partial charge in [0.1, 0.15) is 0 Å². The number of aryl methyl sites for hydroxylation is 3. The molecule has 0 spiro atoms. The molecule has 3 aromatic rings. The van der Waals surface area contributed by atoms with Gasteiger partial charge in [-0.3, -0.25) is 9.69 Å². The monoisotopic (exact) mass is 471 g/mol. The van der Waals surface area contributed by atoms with Gasteiger partial charge in [-0.25, -0.2) is 4.99 Å². The topological polar surface area (TPSA) is 37.6 Å². The van der Waals surface area contributed by atoms with Crippen LogP contribution < -0.4 is 0 Å². The number of hydrogen-bond donors (Lipinski definition) is 0. The van der Waals surface area contributed by atoms with Gasteiger partial charge < -0.3 is 4.57 Å².